The van der Waals surface area contributed by atoms with Crippen LogP contribution in [0.1, 0.15) is 13.3 Å². The third kappa shape index (κ3) is 6.27. The molecule has 1 aliphatic heterocycles. The molecule has 0 aliphatic carbocycles. The lowest BCUT2D eigenvalue weighted by Crippen LogP contribution is -2.36. The predicted molar refractivity (Wildman–Crippen MR) is 57.0 cm³/mol. The van der Waals surface area contributed by atoms with Crippen LogP contribution < -0.4 is 5.32 Å². The van der Waals surface area contributed by atoms with Gasteiger partial charge in [-0.3, -0.25) is 0 Å². The van der Waals surface area contributed by atoms with Crippen molar-refractivity contribution in [2.24, 2.45) is 0 Å². The molecule has 15 heavy (non-hydrogen) atoms. The van der Waals surface area contributed by atoms with E-state index in [1.54, 1.807) is 0 Å². The largest absolute Gasteiger partial charge is 0.441 e. The maximum Gasteiger partial charge on any atom is 0.441 e. The normalized spacial score (nSPS) is 25.2. The first-order chi connectivity index (χ1) is 6.97. The van der Waals surface area contributed by atoms with Crippen molar-refractivity contribution in [3.8, 4) is 0 Å². The SMILES string of the molecule is CC1CN(CCSC(F)(F)F)CCCN1. The highest BCUT2D eigenvalue weighted by Gasteiger charge is 2.28. The zero-order valence-electron chi connectivity index (χ0n) is 8.81. The fourth-order valence-corrected chi connectivity index (χ4v) is 2.27. The second kappa shape index (κ2) is 5.96. The summed E-state index contributed by atoms with van der Waals surface area (Å²) in [5.74, 6) is 0.135. The summed E-state index contributed by atoms with van der Waals surface area (Å²) >= 11 is 0.0732. The molecule has 1 unspecified atom stereocenters. The van der Waals surface area contributed by atoms with E-state index in [0.29, 0.717) is 12.6 Å². The van der Waals surface area contributed by atoms with E-state index >= 15 is 0 Å². The van der Waals surface area contributed by atoms with Gasteiger partial charge in [-0.15, -0.1) is 0 Å². The molecule has 1 saturated heterocycles. The summed E-state index contributed by atoms with van der Waals surface area (Å²) in [5, 5.41) is 3.31. The van der Waals surface area contributed by atoms with Crippen LogP contribution >= 0.6 is 11.8 Å². The van der Waals surface area contributed by atoms with E-state index in [4.69, 9.17) is 0 Å². The molecule has 1 atom stereocenters. The van der Waals surface area contributed by atoms with Crippen molar-refractivity contribution < 1.29 is 13.2 Å². The molecule has 0 aromatic rings. The second-order valence-corrected chi connectivity index (χ2v) is 4.96. The van der Waals surface area contributed by atoms with Gasteiger partial charge in [-0.25, -0.2) is 0 Å². The Labute approximate surface area is 92.6 Å². The fourth-order valence-electron chi connectivity index (χ4n) is 1.69. The first-order valence-corrected chi connectivity index (χ1v) is 6.12. The highest BCUT2D eigenvalue weighted by atomic mass is 32.2. The summed E-state index contributed by atoms with van der Waals surface area (Å²) < 4.78 is 35.7. The lowest BCUT2D eigenvalue weighted by Gasteiger charge is -2.22. The van der Waals surface area contributed by atoms with E-state index in [1.165, 1.54) is 0 Å². The van der Waals surface area contributed by atoms with E-state index in [1.807, 2.05) is 0 Å². The number of alkyl halides is 3. The summed E-state index contributed by atoms with van der Waals surface area (Å²) in [6.45, 7) is 5.30. The maximum absolute atomic E-state index is 11.9. The minimum absolute atomic E-state index is 0.0732. The van der Waals surface area contributed by atoms with Gasteiger partial charge in [0.15, 0.2) is 0 Å². The highest BCUT2D eigenvalue weighted by Crippen LogP contribution is 2.29. The molecule has 0 bridgehead atoms. The highest BCUT2D eigenvalue weighted by molar-refractivity contribution is 8.00. The van der Waals surface area contributed by atoms with Gasteiger partial charge in [0.25, 0.3) is 0 Å². The average Bonchev–Trinajstić information content (AvgIpc) is 2.27. The smallest absolute Gasteiger partial charge is 0.313 e. The molecule has 1 fully saturated rings. The van der Waals surface area contributed by atoms with E-state index in [2.05, 4.69) is 17.1 Å². The van der Waals surface area contributed by atoms with Gasteiger partial charge in [-0.1, -0.05) is 0 Å². The molecular formula is C9H17F3N2S. The Hall–Kier alpha value is 0.0600. The molecule has 0 aromatic carbocycles. The molecule has 1 aliphatic rings. The van der Waals surface area contributed by atoms with Crippen molar-refractivity contribution >= 4 is 11.8 Å². The van der Waals surface area contributed by atoms with E-state index < -0.39 is 5.51 Å². The van der Waals surface area contributed by atoms with E-state index in [-0.39, 0.29) is 17.5 Å². The Balaban J connectivity index is 2.19. The molecule has 0 radical (unpaired) electrons. The molecule has 1 rings (SSSR count). The van der Waals surface area contributed by atoms with Crippen LogP contribution in [0.15, 0.2) is 0 Å². The van der Waals surface area contributed by atoms with Gasteiger partial charge >= 0.3 is 5.51 Å². The summed E-state index contributed by atoms with van der Waals surface area (Å²) in [5.41, 5.74) is -4.09. The Morgan fingerprint density at radius 3 is 2.87 bits per heavy atom. The van der Waals surface area contributed by atoms with Gasteiger partial charge in [0.05, 0.1) is 0 Å². The van der Waals surface area contributed by atoms with Crippen molar-refractivity contribution in [1.29, 1.82) is 0 Å². The van der Waals surface area contributed by atoms with Gasteiger partial charge < -0.3 is 10.2 Å². The third-order valence-electron chi connectivity index (χ3n) is 2.35. The van der Waals surface area contributed by atoms with Gasteiger partial charge in [0.1, 0.15) is 0 Å². The number of thioether (sulfide) groups is 1. The first-order valence-electron chi connectivity index (χ1n) is 5.14. The number of rotatable bonds is 3. The van der Waals surface area contributed by atoms with Gasteiger partial charge in [0, 0.05) is 24.9 Å². The molecule has 90 valence electrons. The van der Waals surface area contributed by atoms with Crippen molar-refractivity contribution in [3.63, 3.8) is 0 Å². The van der Waals surface area contributed by atoms with Crippen molar-refractivity contribution in [2.75, 3.05) is 31.9 Å². The Bertz CT molecular complexity index is 187. The van der Waals surface area contributed by atoms with Crippen molar-refractivity contribution in [1.82, 2.24) is 10.2 Å². The quantitative estimate of drug-likeness (QED) is 0.814. The lowest BCUT2D eigenvalue weighted by atomic mass is 10.3. The second-order valence-electron chi connectivity index (χ2n) is 3.80. The molecule has 0 saturated carbocycles. The number of nitrogens with zero attached hydrogens (tertiary/aromatic N) is 1. The van der Waals surface area contributed by atoms with Crippen LogP contribution in [0, 0.1) is 0 Å². The van der Waals surface area contributed by atoms with Crippen LogP contribution in [-0.2, 0) is 0 Å². The van der Waals surface area contributed by atoms with Crippen LogP contribution in [0.2, 0.25) is 0 Å². The van der Waals surface area contributed by atoms with Crippen LogP contribution in [0.25, 0.3) is 0 Å². The average molecular weight is 242 g/mol. The number of hydrogen-bond donors (Lipinski definition) is 1. The van der Waals surface area contributed by atoms with Crippen molar-refractivity contribution in [2.45, 2.75) is 24.9 Å². The van der Waals surface area contributed by atoms with Gasteiger partial charge in [0.2, 0.25) is 0 Å². The lowest BCUT2D eigenvalue weighted by molar-refractivity contribution is -0.0328. The molecule has 2 nitrogen and oxygen atoms in total. The zero-order chi connectivity index (χ0) is 11.3. The standard InChI is InChI=1S/C9H17F3N2S/c1-8-7-14(4-2-3-13-8)5-6-15-9(10,11)12/h8,13H,2-7H2,1H3. The minimum Gasteiger partial charge on any atom is -0.313 e. The minimum atomic E-state index is -4.09. The molecule has 1 N–H and O–H groups in total. The van der Waals surface area contributed by atoms with Crippen LogP contribution in [0.4, 0.5) is 13.2 Å². The summed E-state index contributed by atoms with van der Waals surface area (Å²) in [6, 6.07) is 0.378. The first kappa shape index (κ1) is 13.1. The molecule has 0 spiro atoms. The van der Waals surface area contributed by atoms with E-state index in [0.717, 1.165) is 26.1 Å². The van der Waals surface area contributed by atoms with Crippen LogP contribution in [0.5, 0.6) is 0 Å². The molecular weight excluding hydrogens is 225 g/mol. The fraction of sp³-hybridized carbons (Fsp3) is 1.00. The monoisotopic (exact) mass is 242 g/mol. The summed E-state index contributed by atoms with van der Waals surface area (Å²) in [4.78, 5) is 2.10. The van der Waals surface area contributed by atoms with Crippen molar-refractivity contribution in [3.05, 3.63) is 0 Å². The number of halogens is 3. The molecule has 0 aromatic heterocycles. The number of nitrogens with one attached hydrogen (secondary N) is 1. The Morgan fingerprint density at radius 2 is 2.20 bits per heavy atom. The zero-order valence-corrected chi connectivity index (χ0v) is 9.63. The summed E-state index contributed by atoms with van der Waals surface area (Å²) in [6.07, 6.45) is 1.01. The van der Waals surface area contributed by atoms with Gasteiger partial charge in [-0.2, -0.15) is 13.2 Å². The topological polar surface area (TPSA) is 15.3 Å². The van der Waals surface area contributed by atoms with Gasteiger partial charge in [-0.05, 0) is 38.2 Å². The molecule has 6 heteroatoms. The predicted octanol–water partition coefficient (Wildman–Crippen LogP) is 1.92. The Morgan fingerprint density at radius 1 is 1.47 bits per heavy atom. The number of hydrogen-bond acceptors (Lipinski definition) is 3. The van der Waals surface area contributed by atoms with Crippen LogP contribution in [-0.4, -0.2) is 48.4 Å². The van der Waals surface area contributed by atoms with Crippen LogP contribution in [0.3, 0.4) is 0 Å². The molecule has 0 amide bonds. The van der Waals surface area contributed by atoms with E-state index in [9.17, 15) is 13.2 Å². The molecule has 1 heterocycles. The maximum atomic E-state index is 11.9. The Kier molecular flexibility index (Phi) is 5.22. The summed E-state index contributed by atoms with van der Waals surface area (Å²) in [7, 11) is 0. The third-order valence-corrected chi connectivity index (χ3v) is 3.06.